The number of carbonyl (C=O) groups excluding carboxylic acids is 1. The van der Waals surface area contributed by atoms with Gasteiger partial charge < -0.3 is 0 Å². The number of ketones is 1. The highest BCUT2D eigenvalue weighted by Crippen LogP contribution is 2.59. The number of rotatable bonds is 1. The van der Waals surface area contributed by atoms with Crippen LogP contribution in [0.1, 0.15) is 48.0 Å². The van der Waals surface area contributed by atoms with Crippen molar-refractivity contribution in [1.29, 1.82) is 0 Å². The molecule has 0 amide bonds. The summed E-state index contributed by atoms with van der Waals surface area (Å²) in [6.45, 7) is 0. The van der Waals surface area contributed by atoms with Gasteiger partial charge in [-0.1, -0.05) is 60.2 Å². The Hall–Kier alpha value is -2.15. The SMILES string of the molecule is O=C1CCC2(CC3=CCC2C3)c2cccc(-c3ccccc3)c21. The van der Waals surface area contributed by atoms with E-state index in [2.05, 4.69) is 48.5 Å². The van der Waals surface area contributed by atoms with Crippen molar-refractivity contribution in [3.8, 4) is 11.1 Å². The summed E-state index contributed by atoms with van der Waals surface area (Å²) in [6.07, 6.45) is 7.82. The Kier molecular flexibility index (Phi) is 2.70. The standard InChI is InChI=1S/C22H20O/c23-20-11-12-22(14-15-9-10-17(22)13-15)19-8-4-7-18(21(19)20)16-5-2-1-3-6-16/h1-9,17H,10-14H2. The van der Waals surface area contributed by atoms with Gasteiger partial charge in [-0.2, -0.15) is 0 Å². The molecule has 1 spiro atoms. The summed E-state index contributed by atoms with van der Waals surface area (Å²) in [6, 6.07) is 16.9. The van der Waals surface area contributed by atoms with E-state index in [-0.39, 0.29) is 5.41 Å². The van der Waals surface area contributed by atoms with Crippen LogP contribution in [0.5, 0.6) is 0 Å². The summed E-state index contributed by atoms with van der Waals surface area (Å²) in [7, 11) is 0. The molecule has 1 fully saturated rings. The molecule has 5 rings (SSSR count). The van der Waals surface area contributed by atoms with Crippen molar-refractivity contribution in [2.45, 2.75) is 37.5 Å². The lowest BCUT2D eigenvalue weighted by atomic mass is 9.61. The number of hydrogen-bond acceptors (Lipinski definition) is 1. The molecule has 114 valence electrons. The van der Waals surface area contributed by atoms with Crippen LogP contribution in [0.25, 0.3) is 11.1 Å². The Morgan fingerprint density at radius 1 is 1.00 bits per heavy atom. The monoisotopic (exact) mass is 300 g/mol. The molecule has 23 heavy (non-hydrogen) atoms. The summed E-state index contributed by atoms with van der Waals surface area (Å²) in [5, 5.41) is 0. The van der Waals surface area contributed by atoms with Gasteiger partial charge in [0.2, 0.25) is 0 Å². The first-order valence-corrected chi connectivity index (χ1v) is 8.68. The van der Waals surface area contributed by atoms with Crippen LogP contribution in [0.4, 0.5) is 0 Å². The van der Waals surface area contributed by atoms with Crippen LogP contribution < -0.4 is 0 Å². The highest BCUT2D eigenvalue weighted by molar-refractivity contribution is 6.05. The number of allylic oxidation sites excluding steroid dienone is 2. The number of carbonyl (C=O) groups is 1. The maximum absolute atomic E-state index is 12.8. The highest BCUT2D eigenvalue weighted by Gasteiger charge is 2.51. The van der Waals surface area contributed by atoms with Crippen molar-refractivity contribution >= 4 is 5.78 Å². The number of benzene rings is 2. The number of hydrogen-bond donors (Lipinski definition) is 0. The summed E-state index contributed by atoms with van der Waals surface area (Å²) in [5.41, 5.74) is 6.50. The molecular formula is C22H20O. The van der Waals surface area contributed by atoms with E-state index in [0.29, 0.717) is 12.2 Å². The van der Waals surface area contributed by atoms with E-state index in [1.54, 1.807) is 5.57 Å². The van der Waals surface area contributed by atoms with E-state index in [9.17, 15) is 4.79 Å². The van der Waals surface area contributed by atoms with Gasteiger partial charge in [-0.25, -0.2) is 0 Å². The summed E-state index contributed by atoms with van der Waals surface area (Å²) in [4.78, 5) is 12.8. The Balaban J connectivity index is 1.74. The van der Waals surface area contributed by atoms with E-state index < -0.39 is 0 Å². The third-order valence-corrected chi connectivity index (χ3v) is 6.29. The van der Waals surface area contributed by atoms with Gasteiger partial charge in [-0.15, -0.1) is 0 Å². The Morgan fingerprint density at radius 2 is 1.87 bits per heavy atom. The minimum absolute atomic E-state index is 0.234. The third kappa shape index (κ3) is 1.77. The number of Topliss-reactive ketones (excluding diaryl/α,β-unsaturated/α-hetero) is 1. The first-order chi connectivity index (χ1) is 11.3. The van der Waals surface area contributed by atoms with Crippen molar-refractivity contribution in [2.75, 3.05) is 0 Å². The molecule has 2 bridgehead atoms. The first-order valence-electron chi connectivity index (χ1n) is 8.68. The fourth-order valence-corrected chi connectivity index (χ4v) is 5.24. The topological polar surface area (TPSA) is 17.1 Å². The Bertz CT molecular complexity index is 830. The van der Waals surface area contributed by atoms with Crippen LogP contribution in [-0.4, -0.2) is 5.78 Å². The van der Waals surface area contributed by atoms with Crippen LogP contribution in [-0.2, 0) is 5.41 Å². The molecule has 0 N–H and O–H groups in total. The van der Waals surface area contributed by atoms with Gasteiger partial charge in [0, 0.05) is 17.4 Å². The molecule has 1 saturated carbocycles. The van der Waals surface area contributed by atoms with Crippen LogP contribution in [0.2, 0.25) is 0 Å². The quantitative estimate of drug-likeness (QED) is 0.652. The van der Waals surface area contributed by atoms with Crippen LogP contribution in [0, 0.1) is 5.92 Å². The van der Waals surface area contributed by atoms with E-state index in [1.807, 2.05) is 6.07 Å². The molecule has 2 aromatic rings. The summed E-state index contributed by atoms with van der Waals surface area (Å²) >= 11 is 0. The van der Waals surface area contributed by atoms with E-state index in [0.717, 1.165) is 29.0 Å². The van der Waals surface area contributed by atoms with Gasteiger partial charge in [0.15, 0.2) is 5.78 Å². The normalized spacial score (nSPS) is 28.1. The van der Waals surface area contributed by atoms with Crippen LogP contribution in [0.15, 0.2) is 60.2 Å². The average molecular weight is 300 g/mol. The zero-order chi connectivity index (χ0) is 15.4. The molecule has 0 aliphatic heterocycles. The van der Waals surface area contributed by atoms with Gasteiger partial charge in [0.25, 0.3) is 0 Å². The highest BCUT2D eigenvalue weighted by atomic mass is 16.1. The smallest absolute Gasteiger partial charge is 0.163 e. The van der Waals surface area contributed by atoms with Crippen molar-refractivity contribution < 1.29 is 4.79 Å². The molecule has 2 unspecified atom stereocenters. The molecule has 0 radical (unpaired) electrons. The van der Waals surface area contributed by atoms with Crippen molar-refractivity contribution in [3.05, 3.63) is 71.3 Å². The third-order valence-electron chi connectivity index (χ3n) is 6.29. The lowest BCUT2D eigenvalue weighted by Crippen LogP contribution is -2.37. The molecule has 0 heterocycles. The maximum Gasteiger partial charge on any atom is 0.163 e. The second-order valence-electron chi connectivity index (χ2n) is 7.35. The van der Waals surface area contributed by atoms with Crippen LogP contribution in [0.3, 0.4) is 0 Å². The van der Waals surface area contributed by atoms with Gasteiger partial charge in [-0.05, 0) is 48.3 Å². The van der Waals surface area contributed by atoms with Crippen molar-refractivity contribution in [2.24, 2.45) is 5.92 Å². The van der Waals surface area contributed by atoms with Crippen LogP contribution >= 0.6 is 0 Å². The zero-order valence-electron chi connectivity index (χ0n) is 13.2. The fourth-order valence-electron chi connectivity index (χ4n) is 5.24. The van der Waals surface area contributed by atoms with Crippen molar-refractivity contribution in [3.63, 3.8) is 0 Å². The predicted octanol–water partition coefficient (Wildman–Crippen LogP) is 5.31. The van der Waals surface area contributed by atoms with Gasteiger partial charge in [-0.3, -0.25) is 4.79 Å². The molecule has 1 heteroatoms. The zero-order valence-corrected chi connectivity index (χ0v) is 13.2. The molecule has 0 saturated heterocycles. The Morgan fingerprint density at radius 3 is 2.61 bits per heavy atom. The Labute approximate surface area is 137 Å². The molecular weight excluding hydrogens is 280 g/mol. The molecule has 3 aliphatic rings. The predicted molar refractivity (Wildman–Crippen MR) is 92.5 cm³/mol. The maximum atomic E-state index is 12.8. The molecule has 0 aromatic heterocycles. The minimum atomic E-state index is 0.234. The molecule has 3 aliphatic carbocycles. The van der Waals surface area contributed by atoms with E-state index in [4.69, 9.17) is 0 Å². The van der Waals surface area contributed by atoms with Gasteiger partial charge in [0.05, 0.1) is 0 Å². The fraction of sp³-hybridized carbons (Fsp3) is 0.318. The molecule has 1 nitrogen and oxygen atoms in total. The summed E-state index contributed by atoms with van der Waals surface area (Å²) in [5.74, 6) is 1.05. The summed E-state index contributed by atoms with van der Waals surface area (Å²) < 4.78 is 0. The first kappa shape index (κ1) is 13.3. The van der Waals surface area contributed by atoms with Gasteiger partial charge in [0.1, 0.15) is 0 Å². The second-order valence-corrected chi connectivity index (χ2v) is 7.35. The molecule has 2 aromatic carbocycles. The lowest BCUT2D eigenvalue weighted by molar-refractivity contribution is 0.0940. The minimum Gasteiger partial charge on any atom is -0.294 e. The molecule has 2 atom stereocenters. The second kappa shape index (κ2) is 4.67. The van der Waals surface area contributed by atoms with Crippen molar-refractivity contribution in [1.82, 2.24) is 0 Å². The van der Waals surface area contributed by atoms with Gasteiger partial charge >= 0.3 is 0 Å². The number of fused-ring (bicyclic) bond motifs is 5. The van der Waals surface area contributed by atoms with E-state index in [1.165, 1.54) is 24.8 Å². The largest absolute Gasteiger partial charge is 0.294 e. The van der Waals surface area contributed by atoms with E-state index >= 15 is 0 Å². The lowest BCUT2D eigenvalue weighted by Gasteiger charge is -2.41. The average Bonchev–Trinajstić information content (AvgIpc) is 3.20.